The lowest BCUT2D eigenvalue weighted by Crippen LogP contribution is -2.37. The van der Waals surface area contributed by atoms with Gasteiger partial charge in [0.05, 0.1) is 12.0 Å². The van der Waals surface area contributed by atoms with E-state index < -0.39 is 40.8 Å². The summed E-state index contributed by atoms with van der Waals surface area (Å²) in [5, 5.41) is 20.2. The number of carboxylic acid groups (broad SMARTS) is 1. The van der Waals surface area contributed by atoms with Crippen LogP contribution >= 0.6 is 0 Å². The van der Waals surface area contributed by atoms with Gasteiger partial charge in [-0.3, -0.25) is 10.1 Å². The van der Waals surface area contributed by atoms with Crippen molar-refractivity contribution >= 4 is 17.7 Å². The van der Waals surface area contributed by atoms with E-state index in [4.69, 9.17) is 9.84 Å². The minimum absolute atomic E-state index is 0.103. The first-order valence-electron chi connectivity index (χ1n) is 7.96. The number of nitro groups is 1. The number of nitro benzene ring substituents is 1. The standard InChI is InChI=1S/C16H19FN2O7/c1-25-14(20)9-26-15-12(17)7-11(8-13(15)19(23)24)6-10-2-4-18(5-3-10)16(21)22/h7-8,10H,2-6,9H2,1H3,(H,21,22). The number of carbonyl (C=O) groups excluding carboxylic acids is 1. The molecule has 10 heteroatoms. The molecule has 1 N–H and O–H groups in total. The van der Waals surface area contributed by atoms with E-state index in [-0.39, 0.29) is 5.92 Å². The summed E-state index contributed by atoms with van der Waals surface area (Å²) in [7, 11) is 1.12. The molecular weight excluding hydrogens is 351 g/mol. The highest BCUT2D eigenvalue weighted by Crippen LogP contribution is 2.33. The number of esters is 1. The molecule has 2 rings (SSSR count). The van der Waals surface area contributed by atoms with Crippen molar-refractivity contribution in [2.24, 2.45) is 5.92 Å². The van der Waals surface area contributed by atoms with Gasteiger partial charge >= 0.3 is 17.7 Å². The molecule has 1 aliphatic heterocycles. The van der Waals surface area contributed by atoms with Crippen molar-refractivity contribution in [2.45, 2.75) is 19.3 Å². The topological polar surface area (TPSA) is 119 Å². The van der Waals surface area contributed by atoms with E-state index in [1.165, 1.54) is 11.0 Å². The van der Waals surface area contributed by atoms with Gasteiger partial charge in [-0.2, -0.15) is 0 Å². The molecule has 0 aliphatic carbocycles. The van der Waals surface area contributed by atoms with Crippen LogP contribution in [0.3, 0.4) is 0 Å². The maximum atomic E-state index is 14.3. The van der Waals surface area contributed by atoms with Crippen LogP contribution in [0, 0.1) is 21.8 Å². The Kier molecular flexibility index (Phi) is 6.31. The Balaban J connectivity index is 2.12. The summed E-state index contributed by atoms with van der Waals surface area (Å²) >= 11 is 0. The molecule has 0 atom stereocenters. The lowest BCUT2D eigenvalue weighted by Gasteiger charge is -2.30. The molecule has 0 saturated carbocycles. The van der Waals surface area contributed by atoms with Gasteiger partial charge in [0.15, 0.2) is 12.4 Å². The predicted molar refractivity (Wildman–Crippen MR) is 86.6 cm³/mol. The molecule has 142 valence electrons. The molecule has 1 aromatic carbocycles. The number of hydrogen-bond donors (Lipinski definition) is 1. The molecule has 1 aliphatic rings. The van der Waals surface area contributed by atoms with Crippen LogP contribution < -0.4 is 4.74 Å². The number of ether oxygens (including phenoxy) is 2. The molecule has 1 aromatic rings. The summed E-state index contributed by atoms with van der Waals surface area (Å²) < 4.78 is 23.5. The van der Waals surface area contributed by atoms with Crippen molar-refractivity contribution in [3.05, 3.63) is 33.6 Å². The molecule has 1 amide bonds. The summed E-state index contributed by atoms with van der Waals surface area (Å²) in [5.74, 6) is -2.22. The van der Waals surface area contributed by atoms with Gasteiger partial charge < -0.3 is 19.5 Å². The van der Waals surface area contributed by atoms with E-state index in [2.05, 4.69) is 4.74 Å². The molecule has 0 aromatic heterocycles. The molecule has 0 bridgehead atoms. The zero-order chi connectivity index (χ0) is 19.3. The van der Waals surface area contributed by atoms with E-state index in [1.54, 1.807) is 0 Å². The van der Waals surface area contributed by atoms with Crippen LogP contribution in [0.2, 0.25) is 0 Å². The number of benzene rings is 1. The maximum Gasteiger partial charge on any atom is 0.407 e. The maximum absolute atomic E-state index is 14.3. The smallest absolute Gasteiger partial charge is 0.407 e. The molecule has 0 spiro atoms. The lowest BCUT2D eigenvalue weighted by atomic mass is 9.90. The van der Waals surface area contributed by atoms with Gasteiger partial charge in [-0.1, -0.05) is 0 Å². The number of rotatable bonds is 6. The summed E-state index contributed by atoms with van der Waals surface area (Å²) in [4.78, 5) is 33.8. The van der Waals surface area contributed by atoms with Crippen LogP contribution in [0.5, 0.6) is 5.75 Å². The summed E-state index contributed by atoms with van der Waals surface area (Å²) in [6.45, 7) is 0.122. The van der Waals surface area contributed by atoms with Crippen molar-refractivity contribution in [3.63, 3.8) is 0 Å². The Bertz CT molecular complexity index is 702. The fraction of sp³-hybridized carbons (Fsp3) is 0.500. The Morgan fingerprint density at radius 2 is 2.04 bits per heavy atom. The Hall–Kier alpha value is -2.91. The van der Waals surface area contributed by atoms with Gasteiger partial charge in [-0.05, 0) is 36.8 Å². The molecule has 9 nitrogen and oxygen atoms in total. The highest BCUT2D eigenvalue weighted by Gasteiger charge is 2.26. The largest absolute Gasteiger partial charge is 0.473 e. The Labute approximate surface area is 148 Å². The number of halogens is 1. The van der Waals surface area contributed by atoms with E-state index >= 15 is 0 Å². The van der Waals surface area contributed by atoms with Crippen molar-refractivity contribution in [2.75, 3.05) is 26.8 Å². The fourth-order valence-corrected chi connectivity index (χ4v) is 2.88. The third kappa shape index (κ3) is 4.80. The van der Waals surface area contributed by atoms with E-state index in [1.807, 2.05) is 0 Å². The number of carbonyl (C=O) groups is 2. The van der Waals surface area contributed by atoms with Crippen LogP contribution in [-0.4, -0.2) is 53.8 Å². The zero-order valence-electron chi connectivity index (χ0n) is 14.1. The molecule has 0 radical (unpaired) electrons. The highest BCUT2D eigenvalue weighted by molar-refractivity contribution is 5.71. The van der Waals surface area contributed by atoms with Gasteiger partial charge in [0.25, 0.3) is 0 Å². The lowest BCUT2D eigenvalue weighted by molar-refractivity contribution is -0.386. The van der Waals surface area contributed by atoms with Gasteiger partial charge in [0.1, 0.15) is 0 Å². The second-order valence-corrected chi connectivity index (χ2v) is 5.96. The summed E-state index contributed by atoms with van der Waals surface area (Å²) in [5.41, 5.74) is -0.139. The van der Waals surface area contributed by atoms with Crippen LogP contribution in [0.1, 0.15) is 18.4 Å². The minimum atomic E-state index is -0.975. The fourth-order valence-electron chi connectivity index (χ4n) is 2.88. The summed E-state index contributed by atoms with van der Waals surface area (Å²) in [6, 6.07) is 2.36. The van der Waals surface area contributed by atoms with E-state index in [9.17, 15) is 24.1 Å². The number of amides is 1. The monoisotopic (exact) mass is 370 g/mol. The zero-order valence-corrected chi connectivity index (χ0v) is 14.1. The van der Waals surface area contributed by atoms with E-state index in [0.29, 0.717) is 37.9 Å². The first-order valence-corrected chi connectivity index (χ1v) is 7.96. The van der Waals surface area contributed by atoms with Crippen molar-refractivity contribution in [1.82, 2.24) is 4.90 Å². The summed E-state index contributed by atoms with van der Waals surface area (Å²) in [6.07, 6.45) is 0.616. The third-order valence-corrected chi connectivity index (χ3v) is 4.25. The number of piperidine rings is 1. The number of nitrogens with zero attached hydrogens (tertiary/aromatic N) is 2. The number of hydrogen-bond acceptors (Lipinski definition) is 6. The SMILES string of the molecule is COC(=O)COc1c(F)cc(CC2CCN(C(=O)O)CC2)cc1[N+](=O)[O-]. The Morgan fingerprint density at radius 1 is 1.38 bits per heavy atom. The normalized spacial score (nSPS) is 14.8. The third-order valence-electron chi connectivity index (χ3n) is 4.25. The second kappa shape index (κ2) is 8.45. The van der Waals surface area contributed by atoms with Crippen molar-refractivity contribution in [3.8, 4) is 5.75 Å². The molecule has 1 fully saturated rings. The molecule has 26 heavy (non-hydrogen) atoms. The average molecular weight is 370 g/mol. The van der Waals surface area contributed by atoms with Crippen molar-refractivity contribution < 1.29 is 33.5 Å². The van der Waals surface area contributed by atoms with Gasteiger partial charge in [0.2, 0.25) is 5.75 Å². The quantitative estimate of drug-likeness (QED) is 0.463. The second-order valence-electron chi connectivity index (χ2n) is 5.96. The minimum Gasteiger partial charge on any atom is -0.473 e. The van der Waals surface area contributed by atoms with Gasteiger partial charge in [-0.15, -0.1) is 0 Å². The molecular formula is C16H19FN2O7. The van der Waals surface area contributed by atoms with Crippen LogP contribution in [0.15, 0.2) is 12.1 Å². The molecule has 1 saturated heterocycles. The van der Waals surface area contributed by atoms with E-state index in [0.717, 1.165) is 13.2 Å². The van der Waals surface area contributed by atoms with Crippen LogP contribution in [-0.2, 0) is 16.0 Å². The average Bonchev–Trinajstić information content (AvgIpc) is 2.60. The first kappa shape index (κ1) is 19.4. The highest BCUT2D eigenvalue weighted by atomic mass is 19.1. The van der Waals surface area contributed by atoms with Crippen LogP contribution in [0.25, 0.3) is 0 Å². The molecule has 0 unspecified atom stereocenters. The number of methoxy groups -OCH3 is 1. The number of likely N-dealkylation sites (tertiary alicyclic amines) is 1. The van der Waals surface area contributed by atoms with Crippen molar-refractivity contribution in [1.29, 1.82) is 0 Å². The Morgan fingerprint density at radius 3 is 2.58 bits per heavy atom. The van der Waals surface area contributed by atoms with Gasteiger partial charge in [0, 0.05) is 19.2 Å². The van der Waals surface area contributed by atoms with Crippen LogP contribution in [0.4, 0.5) is 14.9 Å². The predicted octanol–water partition coefficient (Wildman–Crippen LogP) is 2.22. The van der Waals surface area contributed by atoms with Gasteiger partial charge in [-0.25, -0.2) is 14.0 Å². The first-order chi connectivity index (χ1) is 12.3. The molecule has 1 heterocycles.